The topological polar surface area (TPSA) is 42.4 Å². The summed E-state index contributed by atoms with van der Waals surface area (Å²) in [6.07, 6.45) is 5.64. The molecule has 4 nitrogen and oxygen atoms in total. The minimum absolute atomic E-state index is 0.0890. The maximum atomic E-state index is 12.0. The lowest BCUT2D eigenvalue weighted by Gasteiger charge is -2.24. The molecule has 1 amide bonds. The van der Waals surface area contributed by atoms with E-state index in [2.05, 4.69) is 4.98 Å². The highest BCUT2D eigenvalue weighted by molar-refractivity contribution is 5.78. The molecular formula is C13H18N2O2. The number of pyridine rings is 1. The Balaban J connectivity index is 2.05. The predicted octanol–water partition coefficient (Wildman–Crippen LogP) is 1.78. The maximum absolute atomic E-state index is 12.0. The molecule has 2 rings (SSSR count). The highest BCUT2D eigenvalue weighted by Crippen LogP contribution is 2.31. The zero-order valence-electron chi connectivity index (χ0n) is 10.1. The Kier molecular flexibility index (Phi) is 4.09. The number of hydrogen-bond acceptors (Lipinski definition) is 3. The minimum atomic E-state index is 0.0890. The first-order valence-corrected chi connectivity index (χ1v) is 6.10. The van der Waals surface area contributed by atoms with Gasteiger partial charge < -0.3 is 9.64 Å². The Morgan fingerprint density at radius 3 is 3.00 bits per heavy atom. The van der Waals surface area contributed by atoms with Gasteiger partial charge in [0, 0.05) is 25.5 Å². The van der Waals surface area contributed by atoms with Crippen molar-refractivity contribution < 1.29 is 9.53 Å². The molecule has 0 bridgehead atoms. The smallest absolute Gasteiger partial charge is 0.249 e. The van der Waals surface area contributed by atoms with E-state index in [1.807, 2.05) is 24.0 Å². The minimum Gasteiger partial charge on any atom is -0.372 e. The number of ether oxygens (including phenoxy) is 1. The summed E-state index contributed by atoms with van der Waals surface area (Å²) >= 11 is 0. The van der Waals surface area contributed by atoms with Gasteiger partial charge in [-0.3, -0.25) is 9.78 Å². The standard InChI is InChI=1S/C13H18N2O2/c1-2-17-10-13(16)15-9-3-4-12(15)11-5-7-14-8-6-11/h5-8,12H,2-4,9-10H2,1H3. The summed E-state index contributed by atoms with van der Waals surface area (Å²) in [6.45, 7) is 3.51. The highest BCUT2D eigenvalue weighted by atomic mass is 16.5. The second kappa shape index (κ2) is 5.77. The second-order valence-corrected chi connectivity index (χ2v) is 4.16. The van der Waals surface area contributed by atoms with Gasteiger partial charge in [-0.25, -0.2) is 0 Å². The van der Waals surface area contributed by atoms with Crippen molar-refractivity contribution in [3.63, 3.8) is 0 Å². The van der Waals surface area contributed by atoms with Crippen LogP contribution in [-0.2, 0) is 9.53 Å². The SMILES string of the molecule is CCOCC(=O)N1CCCC1c1ccncc1. The number of carbonyl (C=O) groups is 1. The molecule has 1 aliphatic heterocycles. The van der Waals surface area contributed by atoms with Gasteiger partial charge in [0.1, 0.15) is 6.61 Å². The Labute approximate surface area is 102 Å². The number of aromatic nitrogens is 1. The van der Waals surface area contributed by atoms with E-state index in [0.717, 1.165) is 19.4 Å². The van der Waals surface area contributed by atoms with Crippen LogP contribution in [0.25, 0.3) is 0 Å². The molecule has 0 aliphatic carbocycles. The van der Waals surface area contributed by atoms with Crippen molar-refractivity contribution in [2.45, 2.75) is 25.8 Å². The van der Waals surface area contributed by atoms with Gasteiger partial charge in [0.15, 0.2) is 0 Å². The van der Waals surface area contributed by atoms with Crippen molar-refractivity contribution in [3.8, 4) is 0 Å². The molecule has 4 heteroatoms. The molecule has 0 saturated carbocycles. The Morgan fingerprint density at radius 2 is 2.29 bits per heavy atom. The van der Waals surface area contributed by atoms with Crippen LogP contribution in [0.1, 0.15) is 31.4 Å². The van der Waals surface area contributed by atoms with Crippen LogP contribution in [0.5, 0.6) is 0 Å². The second-order valence-electron chi connectivity index (χ2n) is 4.16. The fourth-order valence-corrected chi connectivity index (χ4v) is 2.27. The molecule has 0 aromatic carbocycles. The zero-order valence-corrected chi connectivity index (χ0v) is 10.1. The molecule has 0 N–H and O–H groups in total. The van der Waals surface area contributed by atoms with Crippen LogP contribution in [-0.4, -0.2) is 35.5 Å². The molecule has 0 spiro atoms. The van der Waals surface area contributed by atoms with Gasteiger partial charge in [0.05, 0.1) is 6.04 Å². The van der Waals surface area contributed by atoms with Crippen molar-refractivity contribution in [3.05, 3.63) is 30.1 Å². The lowest BCUT2D eigenvalue weighted by atomic mass is 10.1. The number of amides is 1. The molecule has 17 heavy (non-hydrogen) atoms. The van der Waals surface area contributed by atoms with E-state index in [-0.39, 0.29) is 18.6 Å². The molecule has 0 radical (unpaired) electrons. The Morgan fingerprint density at radius 1 is 1.53 bits per heavy atom. The molecule has 1 aliphatic rings. The maximum Gasteiger partial charge on any atom is 0.249 e. The van der Waals surface area contributed by atoms with Crippen molar-refractivity contribution >= 4 is 5.91 Å². The van der Waals surface area contributed by atoms with Crippen molar-refractivity contribution in [1.82, 2.24) is 9.88 Å². The first-order chi connectivity index (χ1) is 8.33. The van der Waals surface area contributed by atoms with Crippen LogP contribution in [0.15, 0.2) is 24.5 Å². The van der Waals surface area contributed by atoms with Gasteiger partial charge in [-0.1, -0.05) is 0 Å². The van der Waals surface area contributed by atoms with Crippen LogP contribution >= 0.6 is 0 Å². The lowest BCUT2D eigenvalue weighted by Crippen LogP contribution is -2.33. The zero-order chi connectivity index (χ0) is 12.1. The van der Waals surface area contributed by atoms with Crippen molar-refractivity contribution in [1.29, 1.82) is 0 Å². The van der Waals surface area contributed by atoms with Crippen molar-refractivity contribution in [2.75, 3.05) is 19.8 Å². The van der Waals surface area contributed by atoms with E-state index in [1.165, 1.54) is 5.56 Å². The largest absolute Gasteiger partial charge is 0.372 e. The number of likely N-dealkylation sites (tertiary alicyclic amines) is 1. The van der Waals surface area contributed by atoms with Gasteiger partial charge >= 0.3 is 0 Å². The third-order valence-electron chi connectivity index (χ3n) is 3.09. The Hall–Kier alpha value is -1.42. The van der Waals surface area contributed by atoms with E-state index < -0.39 is 0 Å². The first kappa shape index (κ1) is 12.0. The normalized spacial score (nSPS) is 19.6. The molecule has 1 unspecified atom stereocenters. The molecule has 1 saturated heterocycles. The summed E-state index contributed by atoms with van der Waals surface area (Å²) in [7, 11) is 0. The Bertz CT molecular complexity index is 367. The van der Waals surface area contributed by atoms with Crippen LogP contribution in [0.4, 0.5) is 0 Å². The summed E-state index contributed by atoms with van der Waals surface area (Å²) < 4.78 is 5.19. The molecular weight excluding hydrogens is 216 g/mol. The van der Waals surface area contributed by atoms with E-state index in [0.29, 0.717) is 6.61 Å². The molecule has 1 fully saturated rings. The van der Waals surface area contributed by atoms with Gasteiger partial charge in [-0.15, -0.1) is 0 Å². The molecule has 1 aromatic heterocycles. The van der Waals surface area contributed by atoms with Gasteiger partial charge in [0.2, 0.25) is 5.91 Å². The van der Waals surface area contributed by atoms with Crippen molar-refractivity contribution in [2.24, 2.45) is 0 Å². The summed E-state index contributed by atoms with van der Waals surface area (Å²) in [5.41, 5.74) is 1.17. The monoisotopic (exact) mass is 234 g/mol. The van der Waals surface area contributed by atoms with E-state index in [4.69, 9.17) is 4.74 Å². The van der Waals surface area contributed by atoms with Gasteiger partial charge in [-0.05, 0) is 37.5 Å². The summed E-state index contributed by atoms with van der Waals surface area (Å²) in [6, 6.07) is 4.17. The molecule has 1 aromatic rings. The van der Waals surface area contributed by atoms with Gasteiger partial charge in [0.25, 0.3) is 0 Å². The number of carbonyl (C=O) groups excluding carboxylic acids is 1. The van der Waals surface area contributed by atoms with E-state index in [1.54, 1.807) is 12.4 Å². The first-order valence-electron chi connectivity index (χ1n) is 6.10. The summed E-state index contributed by atoms with van der Waals surface area (Å²) in [4.78, 5) is 17.9. The van der Waals surface area contributed by atoms with Crippen LogP contribution in [0, 0.1) is 0 Å². The lowest BCUT2D eigenvalue weighted by molar-refractivity contribution is -0.136. The van der Waals surface area contributed by atoms with E-state index >= 15 is 0 Å². The van der Waals surface area contributed by atoms with Gasteiger partial charge in [-0.2, -0.15) is 0 Å². The highest BCUT2D eigenvalue weighted by Gasteiger charge is 2.29. The summed E-state index contributed by atoms with van der Waals surface area (Å²) in [5.74, 6) is 0.0890. The third kappa shape index (κ3) is 2.82. The number of rotatable bonds is 4. The fourth-order valence-electron chi connectivity index (χ4n) is 2.27. The van der Waals surface area contributed by atoms with Crippen LogP contribution in [0.2, 0.25) is 0 Å². The quantitative estimate of drug-likeness (QED) is 0.797. The average molecular weight is 234 g/mol. The number of nitrogens with zero attached hydrogens (tertiary/aromatic N) is 2. The summed E-state index contributed by atoms with van der Waals surface area (Å²) in [5, 5.41) is 0. The predicted molar refractivity (Wildman–Crippen MR) is 64.4 cm³/mol. The molecule has 92 valence electrons. The third-order valence-corrected chi connectivity index (χ3v) is 3.09. The van der Waals surface area contributed by atoms with Crippen LogP contribution in [0.3, 0.4) is 0 Å². The molecule has 1 atom stereocenters. The average Bonchev–Trinajstić information content (AvgIpc) is 2.86. The van der Waals surface area contributed by atoms with E-state index in [9.17, 15) is 4.79 Å². The number of hydrogen-bond donors (Lipinski definition) is 0. The molecule has 2 heterocycles. The van der Waals surface area contributed by atoms with Crippen LogP contribution < -0.4 is 0 Å². The fraction of sp³-hybridized carbons (Fsp3) is 0.538.